The molecule has 3 aromatic carbocycles. The van der Waals surface area contributed by atoms with Gasteiger partial charge >= 0.3 is 0 Å². The third-order valence-electron chi connectivity index (χ3n) is 6.01. The van der Waals surface area contributed by atoms with Crippen LogP contribution in [-0.2, 0) is 5.41 Å². The number of benzene rings is 3. The van der Waals surface area contributed by atoms with Crippen molar-refractivity contribution in [1.29, 1.82) is 0 Å². The Bertz CT molecular complexity index is 1240. The summed E-state index contributed by atoms with van der Waals surface area (Å²) in [5.41, 5.74) is 3.94. The van der Waals surface area contributed by atoms with Crippen LogP contribution in [0.3, 0.4) is 0 Å². The van der Waals surface area contributed by atoms with E-state index in [1.807, 2.05) is 24.3 Å². The Morgan fingerprint density at radius 3 is 2.42 bits per heavy atom. The topological polar surface area (TPSA) is 47.0 Å². The molecule has 1 N–H and O–H groups in total. The number of fused-ring (bicyclic) bond motifs is 1. The molecule has 0 saturated heterocycles. The van der Waals surface area contributed by atoms with Gasteiger partial charge in [0.1, 0.15) is 29.2 Å². The number of nitrogens with one attached hydrogen (secondary N) is 1. The summed E-state index contributed by atoms with van der Waals surface area (Å²) in [5, 5.41) is 5.16. The van der Waals surface area contributed by atoms with E-state index in [9.17, 15) is 4.39 Å². The lowest BCUT2D eigenvalue weighted by Gasteiger charge is -2.18. The monoisotopic (exact) mass is 433 g/mol. The van der Waals surface area contributed by atoms with Crippen LogP contribution in [0.4, 0.5) is 10.2 Å². The summed E-state index contributed by atoms with van der Waals surface area (Å²) in [6.45, 7) is 0.768. The first kappa shape index (κ1) is 19.8. The quantitative estimate of drug-likeness (QED) is 0.391. The van der Waals surface area contributed by atoms with Gasteiger partial charge in [-0.3, -0.25) is 0 Å². The van der Waals surface area contributed by atoms with Crippen molar-refractivity contribution in [1.82, 2.24) is 9.97 Å². The number of hydrogen-bond acceptors (Lipinski definition) is 4. The first-order valence-electron chi connectivity index (χ1n) is 10.2. The fraction of sp³-hybridized carbons (Fsp3) is 0.200. The summed E-state index contributed by atoms with van der Waals surface area (Å²) in [6, 6.07) is 18.4. The zero-order valence-electron chi connectivity index (χ0n) is 17.0. The molecule has 0 atom stereocenters. The predicted octanol–water partition coefficient (Wildman–Crippen LogP) is 6.24. The van der Waals surface area contributed by atoms with Crippen molar-refractivity contribution in [3.8, 4) is 16.9 Å². The highest BCUT2D eigenvalue weighted by Gasteiger charge is 2.44. The molecule has 0 amide bonds. The van der Waals surface area contributed by atoms with Gasteiger partial charge in [-0.25, -0.2) is 14.4 Å². The zero-order chi connectivity index (χ0) is 21.4. The molecular weight excluding hydrogens is 413 g/mol. The highest BCUT2D eigenvalue weighted by molar-refractivity contribution is 6.30. The second kappa shape index (κ2) is 7.82. The first-order valence-corrected chi connectivity index (χ1v) is 10.5. The molecule has 31 heavy (non-hydrogen) atoms. The Morgan fingerprint density at radius 1 is 1.00 bits per heavy atom. The highest BCUT2D eigenvalue weighted by Crippen LogP contribution is 2.48. The van der Waals surface area contributed by atoms with Gasteiger partial charge < -0.3 is 10.1 Å². The molecule has 1 aliphatic rings. The molecule has 1 aromatic heterocycles. The third kappa shape index (κ3) is 3.81. The standard InChI is InChI=1S/C25H21ClFN3O/c1-31-22-13-17(16-2-8-20(27)9-3-16)12-21-23(22)29-15-30-24(21)28-14-25(10-11-25)18-4-6-19(26)7-5-18/h2-9,12-13,15H,10-11,14H2,1H3,(H,28,29,30). The molecule has 0 bridgehead atoms. The summed E-state index contributed by atoms with van der Waals surface area (Å²) in [4.78, 5) is 8.95. The average Bonchev–Trinajstić information content (AvgIpc) is 3.59. The fourth-order valence-electron chi connectivity index (χ4n) is 4.02. The molecule has 4 nitrogen and oxygen atoms in total. The lowest BCUT2D eigenvalue weighted by Crippen LogP contribution is -2.20. The van der Waals surface area contributed by atoms with Crippen molar-refractivity contribution in [2.24, 2.45) is 0 Å². The average molecular weight is 434 g/mol. The lowest BCUT2D eigenvalue weighted by molar-refractivity contribution is 0.419. The van der Waals surface area contributed by atoms with Gasteiger partial charge in [-0.2, -0.15) is 0 Å². The molecule has 1 saturated carbocycles. The lowest BCUT2D eigenvalue weighted by atomic mass is 9.96. The molecule has 0 aliphatic heterocycles. The first-order chi connectivity index (χ1) is 15.1. The van der Waals surface area contributed by atoms with Crippen molar-refractivity contribution in [3.63, 3.8) is 0 Å². The number of anilines is 1. The van der Waals surface area contributed by atoms with Gasteiger partial charge in [0.15, 0.2) is 0 Å². The minimum Gasteiger partial charge on any atom is -0.494 e. The maximum Gasteiger partial charge on any atom is 0.145 e. The van der Waals surface area contributed by atoms with Gasteiger partial charge in [-0.05, 0) is 65.9 Å². The molecule has 1 heterocycles. The molecule has 0 unspecified atom stereocenters. The predicted molar refractivity (Wildman–Crippen MR) is 122 cm³/mol. The van der Waals surface area contributed by atoms with Crippen LogP contribution in [0.15, 0.2) is 67.0 Å². The number of nitrogens with zero attached hydrogens (tertiary/aromatic N) is 2. The van der Waals surface area contributed by atoms with E-state index in [1.54, 1.807) is 25.6 Å². The summed E-state index contributed by atoms with van der Waals surface area (Å²) in [6.07, 6.45) is 3.79. The molecule has 1 aliphatic carbocycles. The van der Waals surface area contributed by atoms with E-state index in [0.29, 0.717) is 5.75 Å². The van der Waals surface area contributed by atoms with Crippen molar-refractivity contribution in [2.75, 3.05) is 19.0 Å². The Morgan fingerprint density at radius 2 is 1.74 bits per heavy atom. The van der Waals surface area contributed by atoms with E-state index in [0.717, 1.165) is 52.3 Å². The van der Waals surface area contributed by atoms with Crippen LogP contribution in [-0.4, -0.2) is 23.6 Å². The summed E-state index contributed by atoms with van der Waals surface area (Å²) >= 11 is 6.06. The van der Waals surface area contributed by atoms with Crippen LogP contribution in [0.25, 0.3) is 22.0 Å². The van der Waals surface area contributed by atoms with E-state index in [1.165, 1.54) is 17.7 Å². The normalized spacial score (nSPS) is 14.4. The Balaban J connectivity index is 1.50. The minimum absolute atomic E-state index is 0.0977. The van der Waals surface area contributed by atoms with E-state index >= 15 is 0 Å². The number of methoxy groups -OCH3 is 1. The van der Waals surface area contributed by atoms with Crippen LogP contribution in [0, 0.1) is 5.82 Å². The van der Waals surface area contributed by atoms with Crippen LogP contribution in [0.1, 0.15) is 18.4 Å². The smallest absolute Gasteiger partial charge is 0.145 e. The van der Waals surface area contributed by atoms with Crippen LogP contribution < -0.4 is 10.1 Å². The molecule has 0 spiro atoms. The Kier molecular flexibility index (Phi) is 4.98. The maximum atomic E-state index is 13.4. The van der Waals surface area contributed by atoms with Gasteiger partial charge in [0.2, 0.25) is 0 Å². The van der Waals surface area contributed by atoms with E-state index in [4.69, 9.17) is 16.3 Å². The summed E-state index contributed by atoms with van der Waals surface area (Å²) in [5.74, 6) is 1.15. The Labute approximate surface area is 185 Å². The van der Waals surface area contributed by atoms with Crippen molar-refractivity contribution in [3.05, 3.63) is 83.4 Å². The highest BCUT2D eigenvalue weighted by atomic mass is 35.5. The number of hydrogen-bond donors (Lipinski definition) is 1. The van der Waals surface area contributed by atoms with Crippen molar-refractivity contribution < 1.29 is 9.13 Å². The second-order valence-corrected chi connectivity index (χ2v) is 8.38. The van der Waals surface area contributed by atoms with Crippen LogP contribution in [0.2, 0.25) is 5.02 Å². The largest absolute Gasteiger partial charge is 0.494 e. The number of rotatable bonds is 6. The SMILES string of the molecule is COc1cc(-c2ccc(F)cc2)cc2c(NCC3(c4ccc(Cl)cc4)CC3)ncnc12. The zero-order valence-corrected chi connectivity index (χ0v) is 17.8. The van der Waals surface area contributed by atoms with Crippen LogP contribution in [0.5, 0.6) is 5.75 Å². The molecule has 0 radical (unpaired) electrons. The molecular formula is C25H21ClFN3O. The van der Waals surface area contributed by atoms with Gasteiger partial charge in [0.25, 0.3) is 0 Å². The van der Waals surface area contributed by atoms with Crippen molar-refractivity contribution in [2.45, 2.75) is 18.3 Å². The molecule has 156 valence electrons. The third-order valence-corrected chi connectivity index (χ3v) is 6.26. The fourth-order valence-corrected chi connectivity index (χ4v) is 4.14. The van der Waals surface area contributed by atoms with E-state index < -0.39 is 0 Å². The summed E-state index contributed by atoms with van der Waals surface area (Å²) < 4.78 is 19.0. The molecule has 1 fully saturated rings. The van der Waals surface area contributed by atoms with E-state index in [2.05, 4.69) is 27.4 Å². The number of aromatic nitrogens is 2. The van der Waals surface area contributed by atoms with E-state index in [-0.39, 0.29) is 11.2 Å². The van der Waals surface area contributed by atoms with Gasteiger partial charge in [-0.1, -0.05) is 35.9 Å². The second-order valence-electron chi connectivity index (χ2n) is 7.94. The van der Waals surface area contributed by atoms with Gasteiger partial charge in [-0.15, -0.1) is 0 Å². The maximum absolute atomic E-state index is 13.4. The number of ether oxygens (including phenoxy) is 1. The molecule has 6 heteroatoms. The summed E-state index contributed by atoms with van der Waals surface area (Å²) in [7, 11) is 1.62. The van der Waals surface area contributed by atoms with Gasteiger partial charge in [0, 0.05) is 22.4 Å². The molecule has 5 rings (SSSR count). The Hall–Kier alpha value is -3.18. The number of halogens is 2. The minimum atomic E-state index is -0.265. The van der Waals surface area contributed by atoms with Crippen LogP contribution >= 0.6 is 11.6 Å². The molecule has 4 aromatic rings. The van der Waals surface area contributed by atoms with Gasteiger partial charge in [0.05, 0.1) is 7.11 Å². The van der Waals surface area contributed by atoms with Crippen molar-refractivity contribution >= 4 is 28.3 Å².